The van der Waals surface area contributed by atoms with E-state index in [1.54, 1.807) is 0 Å². The van der Waals surface area contributed by atoms with Crippen molar-refractivity contribution < 1.29 is 0 Å². The monoisotopic (exact) mass is 285 g/mol. The molecule has 0 saturated carbocycles. The number of benzene rings is 1. The molecule has 0 unspecified atom stereocenters. The summed E-state index contributed by atoms with van der Waals surface area (Å²) in [6.07, 6.45) is 5.45. The van der Waals surface area contributed by atoms with E-state index in [9.17, 15) is 0 Å². The highest BCUT2D eigenvalue weighted by molar-refractivity contribution is 5.27. The van der Waals surface area contributed by atoms with Crippen LogP contribution in [-0.2, 0) is 19.5 Å². The van der Waals surface area contributed by atoms with Crippen LogP contribution in [-0.4, -0.2) is 16.3 Å². The van der Waals surface area contributed by atoms with E-state index in [1.807, 2.05) is 6.20 Å². The second-order valence-corrected chi connectivity index (χ2v) is 5.63. The van der Waals surface area contributed by atoms with Crippen molar-refractivity contribution in [2.24, 2.45) is 0 Å². The first-order valence-electron chi connectivity index (χ1n) is 8.05. The summed E-state index contributed by atoms with van der Waals surface area (Å²) in [6.45, 7) is 9.46. The summed E-state index contributed by atoms with van der Waals surface area (Å²) in [5, 5.41) is 8.11. The van der Waals surface area contributed by atoms with Gasteiger partial charge in [0.25, 0.3) is 0 Å². The summed E-state index contributed by atoms with van der Waals surface area (Å²) in [7, 11) is 0. The van der Waals surface area contributed by atoms with Crippen molar-refractivity contribution in [3.63, 3.8) is 0 Å². The Hall–Kier alpha value is -1.61. The molecule has 0 bridgehead atoms. The quantitative estimate of drug-likeness (QED) is 0.750. The Kier molecular flexibility index (Phi) is 6.00. The molecule has 0 aliphatic carbocycles. The summed E-state index contributed by atoms with van der Waals surface area (Å²) >= 11 is 0. The van der Waals surface area contributed by atoms with Crippen molar-refractivity contribution in [1.82, 2.24) is 15.1 Å². The maximum absolute atomic E-state index is 4.63. The Morgan fingerprint density at radius 3 is 2.62 bits per heavy atom. The highest BCUT2D eigenvalue weighted by atomic mass is 15.3. The maximum Gasteiger partial charge on any atom is 0.0665 e. The zero-order valence-corrected chi connectivity index (χ0v) is 13.5. The minimum Gasteiger partial charge on any atom is -0.313 e. The summed E-state index contributed by atoms with van der Waals surface area (Å²) < 4.78 is 2.18. The van der Waals surface area contributed by atoms with E-state index in [1.165, 1.54) is 28.8 Å². The molecule has 0 amide bonds. The first-order valence-corrected chi connectivity index (χ1v) is 8.05. The predicted molar refractivity (Wildman–Crippen MR) is 88.5 cm³/mol. The van der Waals surface area contributed by atoms with Gasteiger partial charge < -0.3 is 5.32 Å². The van der Waals surface area contributed by atoms with E-state index < -0.39 is 0 Å². The highest BCUT2D eigenvalue weighted by Crippen LogP contribution is 2.15. The van der Waals surface area contributed by atoms with E-state index in [2.05, 4.69) is 60.1 Å². The molecular formula is C18H27N3. The lowest BCUT2D eigenvalue weighted by molar-refractivity contribution is 0.624. The lowest BCUT2D eigenvalue weighted by atomic mass is 10.1. The summed E-state index contributed by atoms with van der Waals surface area (Å²) in [6, 6.07) is 8.56. The van der Waals surface area contributed by atoms with Crippen LogP contribution in [0.1, 0.15) is 49.1 Å². The largest absolute Gasteiger partial charge is 0.313 e. The Labute approximate surface area is 128 Å². The number of hydrogen-bond acceptors (Lipinski definition) is 2. The summed E-state index contributed by atoms with van der Waals surface area (Å²) in [5.41, 5.74) is 5.41. The lowest BCUT2D eigenvalue weighted by Gasteiger charge is -2.11. The van der Waals surface area contributed by atoms with Gasteiger partial charge in [0.1, 0.15) is 0 Å². The zero-order valence-electron chi connectivity index (χ0n) is 13.5. The van der Waals surface area contributed by atoms with Gasteiger partial charge in [0, 0.05) is 17.8 Å². The third kappa shape index (κ3) is 4.18. The molecule has 1 N–H and O–H groups in total. The van der Waals surface area contributed by atoms with Gasteiger partial charge in [-0.1, -0.05) is 44.5 Å². The number of aromatic nitrogens is 2. The molecular weight excluding hydrogens is 258 g/mol. The fraction of sp³-hybridized carbons (Fsp3) is 0.500. The van der Waals surface area contributed by atoms with Crippen molar-refractivity contribution in [2.75, 3.05) is 6.54 Å². The second kappa shape index (κ2) is 7.99. The Balaban J connectivity index is 2.17. The van der Waals surface area contributed by atoms with Crippen molar-refractivity contribution in [1.29, 1.82) is 0 Å². The first-order chi connectivity index (χ1) is 10.3. The van der Waals surface area contributed by atoms with E-state index in [4.69, 9.17) is 0 Å². The van der Waals surface area contributed by atoms with Gasteiger partial charge in [0.05, 0.1) is 12.7 Å². The molecule has 21 heavy (non-hydrogen) atoms. The molecule has 3 heteroatoms. The van der Waals surface area contributed by atoms with Crippen molar-refractivity contribution in [3.05, 3.63) is 52.8 Å². The SMILES string of the molecule is CCCNCc1cnn(Cc2ccccc2C)c1CCC. The molecule has 1 aromatic heterocycles. The topological polar surface area (TPSA) is 29.9 Å². The van der Waals surface area contributed by atoms with E-state index in [0.29, 0.717) is 0 Å². The molecule has 0 aliphatic heterocycles. The van der Waals surface area contributed by atoms with Crippen LogP contribution in [0.5, 0.6) is 0 Å². The van der Waals surface area contributed by atoms with Gasteiger partial charge in [-0.05, 0) is 37.4 Å². The third-order valence-corrected chi connectivity index (χ3v) is 3.85. The van der Waals surface area contributed by atoms with Gasteiger partial charge in [0.2, 0.25) is 0 Å². The predicted octanol–water partition coefficient (Wildman–Crippen LogP) is 3.69. The number of nitrogens with zero attached hydrogens (tertiary/aromatic N) is 2. The van der Waals surface area contributed by atoms with Crippen LogP contribution in [0.25, 0.3) is 0 Å². The third-order valence-electron chi connectivity index (χ3n) is 3.85. The van der Waals surface area contributed by atoms with Crippen LogP contribution in [0.2, 0.25) is 0 Å². The van der Waals surface area contributed by atoms with Crippen LogP contribution in [0.3, 0.4) is 0 Å². The molecule has 0 saturated heterocycles. The number of hydrogen-bond donors (Lipinski definition) is 1. The Morgan fingerprint density at radius 1 is 1.10 bits per heavy atom. The molecule has 0 spiro atoms. The molecule has 2 rings (SSSR count). The fourth-order valence-corrected chi connectivity index (χ4v) is 2.61. The van der Waals surface area contributed by atoms with Gasteiger partial charge in [-0.3, -0.25) is 4.68 Å². The molecule has 0 aliphatic rings. The second-order valence-electron chi connectivity index (χ2n) is 5.63. The maximum atomic E-state index is 4.63. The Morgan fingerprint density at radius 2 is 1.90 bits per heavy atom. The number of aryl methyl sites for hydroxylation is 1. The summed E-state index contributed by atoms with van der Waals surface area (Å²) in [5.74, 6) is 0. The highest BCUT2D eigenvalue weighted by Gasteiger charge is 2.10. The minimum atomic E-state index is 0.871. The molecule has 114 valence electrons. The Bertz CT molecular complexity index is 557. The van der Waals surface area contributed by atoms with E-state index in [0.717, 1.165) is 32.5 Å². The van der Waals surface area contributed by atoms with Crippen molar-refractivity contribution in [2.45, 2.75) is 53.1 Å². The average Bonchev–Trinajstić information content (AvgIpc) is 2.85. The van der Waals surface area contributed by atoms with Crippen LogP contribution in [0.15, 0.2) is 30.5 Å². The van der Waals surface area contributed by atoms with E-state index in [-0.39, 0.29) is 0 Å². The van der Waals surface area contributed by atoms with Crippen molar-refractivity contribution >= 4 is 0 Å². The van der Waals surface area contributed by atoms with Gasteiger partial charge in [-0.15, -0.1) is 0 Å². The molecule has 0 radical (unpaired) electrons. The van der Waals surface area contributed by atoms with Crippen LogP contribution < -0.4 is 5.32 Å². The molecule has 3 nitrogen and oxygen atoms in total. The zero-order chi connectivity index (χ0) is 15.1. The molecule has 0 atom stereocenters. The minimum absolute atomic E-state index is 0.871. The molecule has 1 heterocycles. The van der Waals surface area contributed by atoms with Gasteiger partial charge in [-0.2, -0.15) is 5.10 Å². The normalized spacial score (nSPS) is 11.0. The van der Waals surface area contributed by atoms with Crippen LogP contribution >= 0.6 is 0 Å². The molecule has 1 aromatic carbocycles. The number of rotatable bonds is 8. The first kappa shape index (κ1) is 15.8. The molecule has 0 fully saturated rings. The average molecular weight is 285 g/mol. The van der Waals surface area contributed by atoms with Crippen LogP contribution in [0.4, 0.5) is 0 Å². The summed E-state index contributed by atoms with van der Waals surface area (Å²) in [4.78, 5) is 0. The van der Waals surface area contributed by atoms with Crippen LogP contribution in [0, 0.1) is 6.92 Å². The standard InChI is InChI=1S/C18H27N3/c1-4-8-18-17(12-19-11-5-2)13-20-21(18)14-16-10-7-6-9-15(16)3/h6-7,9-10,13,19H,4-5,8,11-12,14H2,1-3H3. The fourth-order valence-electron chi connectivity index (χ4n) is 2.61. The molecule has 2 aromatic rings. The number of nitrogens with one attached hydrogen (secondary N) is 1. The van der Waals surface area contributed by atoms with Crippen molar-refractivity contribution in [3.8, 4) is 0 Å². The van der Waals surface area contributed by atoms with Gasteiger partial charge in [-0.25, -0.2) is 0 Å². The van der Waals surface area contributed by atoms with Gasteiger partial charge >= 0.3 is 0 Å². The lowest BCUT2D eigenvalue weighted by Crippen LogP contribution is -2.15. The van der Waals surface area contributed by atoms with Gasteiger partial charge in [0.15, 0.2) is 0 Å². The smallest absolute Gasteiger partial charge is 0.0665 e. The van der Waals surface area contributed by atoms with E-state index >= 15 is 0 Å².